The summed E-state index contributed by atoms with van der Waals surface area (Å²) in [5, 5.41) is 7.74. The first-order valence-electron chi connectivity index (χ1n) is 9.49. The Morgan fingerprint density at radius 3 is 2.73 bits per heavy atom. The molecule has 154 valence electrons. The molecule has 0 fully saturated rings. The van der Waals surface area contributed by atoms with Gasteiger partial charge in [0.1, 0.15) is 12.4 Å². The number of allylic oxidation sites excluding steroid dienone is 2. The van der Waals surface area contributed by atoms with Gasteiger partial charge in [-0.1, -0.05) is 6.07 Å². The van der Waals surface area contributed by atoms with Gasteiger partial charge in [-0.05, 0) is 58.1 Å². The Morgan fingerprint density at radius 1 is 1.17 bits per heavy atom. The minimum absolute atomic E-state index is 0.0498. The van der Waals surface area contributed by atoms with Crippen molar-refractivity contribution in [1.82, 2.24) is 14.8 Å². The number of thiophene rings is 1. The zero-order valence-electron chi connectivity index (χ0n) is 16.4. The van der Waals surface area contributed by atoms with E-state index in [1.807, 2.05) is 30.3 Å². The highest BCUT2D eigenvalue weighted by Gasteiger charge is 2.39. The Bertz CT molecular complexity index is 1170. The minimum Gasteiger partial charge on any atom is -0.493 e. The van der Waals surface area contributed by atoms with E-state index in [-0.39, 0.29) is 17.7 Å². The number of hydrogen-bond donors (Lipinski definition) is 1. The van der Waals surface area contributed by atoms with Gasteiger partial charge >= 0.3 is 0 Å². The fraction of sp³-hybridized carbons (Fsp3) is 0.286. The van der Waals surface area contributed by atoms with Crippen molar-refractivity contribution in [3.05, 3.63) is 62.2 Å². The van der Waals surface area contributed by atoms with E-state index in [0.717, 1.165) is 25.5 Å². The number of aromatic nitrogens is 3. The first kappa shape index (κ1) is 19.3. The molecule has 0 saturated carbocycles. The monoisotopic (exact) mass is 486 g/mol. The lowest BCUT2D eigenvalue weighted by Crippen LogP contribution is -2.33. The number of carbonyl (C=O) groups excluding carboxylic acids is 1. The number of benzene rings is 1. The molecule has 2 aliphatic rings. The SMILES string of the molecule is COc1ccc([C@@H]2CC(=O)C3=C(C2)Nc2ncnn2[C@@H]3c2ccc(Br)s2)cc1OC. The fourth-order valence-electron chi connectivity index (χ4n) is 4.23. The van der Waals surface area contributed by atoms with E-state index in [1.54, 1.807) is 30.2 Å². The lowest BCUT2D eigenvalue weighted by Gasteiger charge is -2.34. The summed E-state index contributed by atoms with van der Waals surface area (Å²) in [6, 6.07) is 9.63. The number of nitrogens with zero attached hydrogens (tertiary/aromatic N) is 3. The van der Waals surface area contributed by atoms with Gasteiger partial charge in [0, 0.05) is 22.6 Å². The molecule has 3 heterocycles. The third-order valence-electron chi connectivity index (χ3n) is 5.60. The maximum atomic E-state index is 13.4. The summed E-state index contributed by atoms with van der Waals surface area (Å²) >= 11 is 5.14. The van der Waals surface area contributed by atoms with Gasteiger partial charge in [0.05, 0.1) is 18.0 Å². The molecular formula is C21H19BrN4O3S. The lowest BCUT2D eigenvalue weighted by molar-refractivity contribution is -0.116. The summed E-state index contributed by atoms with van der Waals surface area (Å²) in [6.07, 6.45) is 2.67. The van der Waals surface area contributed by atoms with Crippen LogP contribution in [0.5, 0.6) is 11.5 Å². The number of anilines is 1. The van der Waals surface area contributed by atoms with E-state index < -0.39 is 0 Å². The minimum atomic E-state index is -0.256. The van der Waals surface area contributed by atoms with Gasteiger partial charge in [0.15, 0.2) is 17.3 Å². The summed E-state index contributed by atoms with van der Waals surface area (Å²) in [6.45, 7) is 0. The molecule has 0 amide bonds. The zero-order chi connectivity index (χ0) is 20.8. The van der Waals surface area contributed by atoms with Crippen molar-refractivity contribution in [3.63, 3.8) is 0 Å². The molecule has 1 aliphatic carbocycles. The maximum absolute atomic E-state index is 13.4. The molecule has 3 aromatic rings. The van der Waals surface area contributed by atoms with Crippen LogP contribution in [-0.4, -0.2) is 34.8 Å². The fourth-order valence-corrected chi connectivity index (χ4v) is 5.75. The van der Waals surface area contributed by atoms with Crippen LogP contribution in [0.25, 0.3) is 0 Å². The van der Waals surface area contributed by atoms with Crippen molar-refractivity contribution in [1.29, 1.82) is 0 Å². The van der Waals surface area contributed by atoms with Crippen LogP contribution < -0.4 is 14.8 Å². The average molecular weight is 487 g/mol. The third kappa shape index (κ3) is 3.13. The van der Waals surface area contributed by atoms with Gasteiger partial charge in [-0.25, -0.2) is 4.68 Å². The average Bonchev–Trinajstić information content (AvgIpc) is 3.40. The highest BCUT2D eigenvalue weighted by molar-refractivity contribution is 9.11. The molecular weight excluding hydrogens is 468 g/mol. The quantitative estimate of drug-likeness (QED) is 0.583. The number of fused-ring (bicyclic) bond motifs is 1. The predicted molar refractivity (Wildman–Crippen MR) is 117 cm³/mol. The highest BCUT2D eigenvalue weighted by Crippen LogP contribution is 2.46. The van der Waals surface area contributed by atoms with E-state index in [4.69, 9.17) is 9.47 Å². The Kier molecular flexibility index (Phi) is 4.86. The summed E-state index contributed by atoms with van der Waals surface area (Å²) in [4.78, 5) is 18.8. The van der Waals surface area contributed by atoms with Crippen molar-refractivity contribution in [3.8, 4) is 11.5 Å². The molecule has 30 heavy (non-hydrogen) atoms. The van der Waals surface area contributed by atoms with E-state index in [1.165, 1.54) is 6.33 Å². The summed E-state index contributed by atoms with van der Waals surface area (Å²) in [7, 11) is 3.23. The van der Waals surface area contributed by atoms with Gasteiger partial charge in [0.25, 0.3) is 0 Å². The smallest absolute Gasteiger partial charge is 0.226 e. The van der Waals surface area contributed by atoms with Crippen LogP contribution in [0.15, 0.2) is 51.7 Å². The molecule has 1 N–H and O–H groups in total. The van der Waals surface area contributed by atoms with Crippen molar-refractivity contribution < 1.29 is 14.3 Å². The molecule has 0 spiro atoms. The second-order valence-corrected chi connectivity index (χ2v) is 9.73. The van der Waals surface area contributed by atoms with Crippen LogP contribution in [0.1, 0.15) is 35.2 Å². The molecule has 2 aromatic heterocycles. The molecule has 1 aliphatic heterocycles. The van der Waals surface area contributed by atoms with Crippen molar-refractivity contribution >= 4 is 39.0 Å². The van der Waals surface area contributed by atoms with Crippen LogP contribution in [0.2, 0.25) is 0 Å². The van der Waals surface area contributed by atoms with Gasteiger partial charge in [-0.15, -0.1) is 11.3 Å². The largest absolute Gasteiger partial charge is 0.493 e. The normalized spacial score (nSPS) is 20.4. The van der Waals surface area contributed by atoms with Gasteiger partial charge in [0.2, 0.25) is 5.95 Å². The Hall–Kier alpha value is -2.65. The van der Waals surface area contributed by atoms with E-state index in [9.17, 15) is 4.79 Å². The molecule has 0 radical (unpaired) electrons. The van der Waals surface area contributed by atoms with Crippen molar-refractivity contribution in [2.24, 2.45) is 0 Å². The van der Waals surface area contributed by atoms with Crippen molar-refractivity contribution in [2.75, 3.05) is 19.5 Å². The topological polar surface area (TPSA) is 78.3 Å². The third-order valence-corrected chi connectivity index (χ3v) is 7.28. The maximum Gasteiger partial charge on any atom is 0.226 e. The van der Waals surface area contributed by atoms with E-state index in [0.29, 0.717) is 30.3 Å². The second-order valence-electron chi connectivity index (χ2n) is 7.23. The van der Waals surface area contributed by atoms with Crippen LogP contribution in [0.3, 0.4) is 0 Å². The number of rotatable bonds is 4. The number of nitrogens with one attached hydrogen (secondary N) is 1. The number of hydrogen-bond acceptors (Lipinski definition) is 7. The summed E-state index contributed by atoms with van der Waals surface area (Å²) in [5.74, 6) is 2.17. The number of ketones is 1. The molecule has 5 rings (SSSR count). The van der Waals surface area contributed by atoms with E-state index >= 15 is 0 Å². The second kappa shape index (κ2) is 7.55. The Morgan fingerprint density at radius 2 is 2.00 bits per heavy atom. The number of Topliss-reactive ketones (excluding diaryl/α,β-unsaturated/α-hetero) is 1. The highest BCUT2D eigenvalue weighted by atomic mass is 79.9. The standard InChI is InChI=1S/C21H19BrN4O3S/c1-28-15-4-3-11(9-16(15)29-2)12-7-13-19(14(27)8-12)20(17-5-6-18(22)30-17)26-21(25-13)23-10-24-26/h3-6,9-10,12,20H,7-8H2,1-2H3,(H,23,24,25)/t12-,20+/m0/s1. The van der Waals surface area contributed by atoms with Crippen molar-refractivity contribution in [2.45, 2.75) is 24.8 Å². The molecule has 0 saturated heterocycles. The number of ether oxygens (including phenoxy) is 2. The van der Waals surface area contributed by atoms with Crippen LogP contribution in [-0.2, 0) is 4.79 Å². The molecule has 7 nitrogen and oxygen atoms in total. The Balaban J connectivity index is 1.55. The molecule has 0 unspecified atom stereocenters. The molecule has 0 bridgehead atoms. The van der Waals surface area contributed by atoms with Gasteiger partial charge in [-0.2, -0.15) is 10.1 Å². The molecule has 1 aromatic carbocycles. The predicted octanol–water partition coefficient (Wildman–Crippen LogP) is 4.54. The van der Waals surface area contributed by atoms with Crippen LogP contribution >= 0.6 is 27.3 Å². The molecule has 9 heteroatoms. The summed E-state index contributed by atoms with van der Waals surface area (Å²) in [5.41, 5.74) is 2.75. The van der Waals surface area contributed by atoms with Gasteiger partial charge < -0.3 is 14.8 Å². The first-order valence-corrected chi connectivity index (χ1v) is 11.1. The van der Waals surface area contributed by atoms with Crippen LogP contribution in [0, 0.1) is 0 Å². The zero-order valence-corrected chi connectivity index (χ0v) is 18.8. The molecule has 2 atom stereocenters. The lowest BCUT2D eigenvalue weighted by atomic mass is 9.79. The van der Waals surface area contributed by atoms with E-state index in [2.05, 4.69) is 31.3 Å². The summed E-state index contributed by atoms with van der Waals surface area (Å²) < 4.78 is 13.6. The number of halogens is 1. The Labute approximate surface area is 185 Å². The first-order chi connectivity index (χ1) is 14.6. The van der Waals surface area contributed by atoms with Crippen LogP contribution in [0.4, 0.5) is 5.95 Å². The number of methoxy groups -OCH3 is 2. The number of carbonyl (C=O) groups is 1. The van der Waals surface area contributed by atoms with Gasteiger partial charge in [-0.3, -0.25) is 4.79 Å².